The first kappa shape index (κ1) is 14.4. The van der Waals surface area contributed by atoms with Crippen LogP contribution in [0.3, 0.4) is 0 Å². The second kappa shape index (κ2) is 5.69. The molecule has 1 N–H and O–H groups in total. The largest absolute Gasteiger partial charge is 0.460 e. The Hall–Kier alpha value is -2.54. The van der Waals surface area contributed by atoms with Crippen LogP contribution in [0.5, 0.6) is 0 Å². The Kier molecular flexibility index (Phi) is 3.72. The lowest BCUT2D eigenvalue weighted by Gasteiger charge is -1.99. The minimum atomic E-state index is -0.668. The number of nitrogens with zero attached hydrogens (tertiary/aromatic N) is 1. The standard InChI is InChI=1S/C15H11FN2O3S/c1-2-21-15(20)12-17-13(19)10-7-11(22-14(10)18-12)8-3-5-9(16)6-4-8/h3-7H,2H2,1H3,(H,17,18,19). The Bertz CT molecular complexity index is 899. The number of H-pyrrole nitrogens is 1. The first-order valence-corrected chi connectivity index (χ1v) is 7.37. The number of carbonyl (C=O) groups excluding carboxylic acids is 1. The van der Waals surface area contributed by atoms with Gasteiger partial charge < -0.3 is 9.72 Å². The second-order valence-electron chi connectivity index (χ2n) is 4.47. The van der Waals surface area contributed by atoms with Gasteiger partial charge in [0.05, 0.1) is 12.0 Å². The zero-order valence-electron chi connectivity index (χ0n) is 11.6. The summed E-state index contributed by atoms with van der Waals surface area (Å²) in [5, 5.41) is 0.386. The van der Waals surface area contributed by atoms with Crippen molar-refractivity contribution in [2.24, 2.45) is 0 Å². The third-order valence-corrected chi connectivity index (χ3v) is 4.08. The van der Waals surface area contributed by atoms with Crippen LogP contribution in [-0.2, 0) is 4.74 Å². The van der Waals surface area contributed by atoms with E-state index in [9.17, 15) is 14.0 Å². The normalized spacial score (nSPS) is 10.8. The molecule has 0 atom stereocenters. The van der Waals surface area contributed by atoms with Crippen LogP contribution in [0.2, 0.25) is 0 Å². The predicted octanol–water partition coefficient (Wildman–Crippen LogP) is 2.97. The summed E-state index contributed by atoms with van der Waals surface area (Å²) in [6.07, 6.45) is 0. The fraction of sp³-hybridized carbons (Fsp3) is 0.133. The number of halogens is 1. The Labute approximate surface area is 128 Å². The Morgan fingerprint density at radius 3 is 2.77 bits per heavy atom. The first-order valence-electron chi connectivity index (χ1n) is 6.55. The summed E-state index contributed by atoms with van der Waals surface area (Å²) >= 11 is 1.26. The van der Waals surface area contributed by atoms with Crippen LogP contribution in [-0.4, -0.2) is 22.5 Å². The molecular formula is C15H11FN2O3S. The average molecular weight is 318 g/mol. The van der Waals surface area contributed by atoms with Crippen LogP contribution in [0.15, 0.2) is 35.1 Å². The Morgan fingerprint density at radius 2 is 2.09 bits per heavy atom. The van der Waals surface area contributed by atoms with E-state index < -0.39 is 11.5 Å². The van der Waals surface area contributed by atoms with E-state index in [0.717, 1.165) is 10.4 Å². The van der Waals surface area contributed by atoms with Gasteiger partial charge in [0.1, 0.15) is 10.6 Å². The van der Waals surface area contributed by atoms with Gasteiger partial charge in [0.15, 0.2) is 0 Å². The van der Waals surface area contributed by atoms with Gasteiger partial charge in [0.25, 0.3) is 5.56 Å². The summed E-state index contributed by atoms with van der Waals surface area (Å²) in [6.45, 7) is 1.87. The van der Waals surface area contributed by atoms with E-state index in [-0.39, 0.29) is 18.2 Å². The summed E-state index contributed by atoms with van der Waals surface area (Å²) < 4.78 is 17.8. The molecule has 5 nitrogen and oxygen atoms in total. The van der Waals surface area contributed by atoms with Gasteiger partial charge in [-0.05, 0) is 30.7 Å². The van der Waals surface area contributed by atoms with Crippen molar-refractivity contribution in [2.75, 3.05) is 6.61 Å². The molecule has 0 saturated carbocycles. The third kappa shape index (κ3) is 2.62. The molecule has 0 aliphatic carbocycles. The minimum Gasteiger partial charge on any atom is -0.460 e. The molecule has 0 fully saturated rings. The van der Waals surface area contributed by atoms with Gasteiger partial charge in [-0.3, -0.25) is 4.79 Å². The fourth-order valence-electron chi connectivity index (χ4n) is 1.98. The maximum absolute atomic E-state index is 13.0. The van der Waals surface area contributed by atoms with Gasteiger partial charge in [-0.15, -0.1) is 11.3 Å². The number of thiophene rings is 1. The number of aromatic nitrogens is 2. The predicted molar refractivity (Wildman–Crippen MR) is 81.6 cm³/mol. The fourth-order valence-corrected chi connectivity index (χ4v) is 3.02. The molecule has 1 aromatic carbocycles. The highest BCUT2D eigenvalue weighted by molar-refractivity contribution is 7.21. The van der Waals surface area contributed by atoms with Crippen molar-refractivity contribution >= 4 is 27.5 Å². The van der Waals surface area contributed by atoms with E-state index in [4.69, 9.17) is 4.74 Å². The summed E-state index contributed by atoms with van der Waals surface area (Å²) in [6, 6.07) is 7.62. The monoisotopic (exact) mass is 318 g/mol. The van der Waals surface area contributed by atoms with Crippen molar-refractivity contribution < 1.29 is 13.9 Å². The molecule has 0 bridgehead atoms. The number of ether oxygens (including phenoxy) is 1. The number of hydrogen-bond acceptors (Lipinski definition) is 5. The molecule has 0 aliphatic rings. The lowest BCUT2D eigenvalue weighted by atomic mass is 10.2. The highest BCUT2D eigenvalue weighted by Gasteiger charge is 2.15. The van der Waals surface area contributed by atoms with Crippen molar-refractivity contribution in [3.05, 3.63) is 52.3 Å². The average Bonchev–Trinajstić information content (AvgIpc) is 2.93. The molecule has 0 saturated heterocycles. The molecule has 0 radical (unpaired) electrons. The van der Waals surface area contributed by atoms with E-state index in [1.165, 1.54) is 23.5 Å². The number of esters is 1. The third-order valence-electron chi connectivity index (χ3n) is 3.00. The van der Waals surface area contributed by atoms with Gasteiger partial charge >= 0.3 is 5.97 Å². The first-order chi connectivity index (χ1) is 10.6. The molecule has 0 unspecified atom stereocenters. The van der Waals surface area contributed by atoms with E-state index in [1.54, 1.807) is 25.1 Å². The number of rotatable bonds is 3. The number of hydrogen-bond donors (Lipinski definition) is 1. The highest BCUT2D eigenvalue weighted by Crippen LogP contribution is 2.30. The number of benzene rings is 1. The second-order valence-corrected chi connectivity index (χ2v) is 5.50. The van der Waals surface area contributed by atoms with Gasteiger partial charge in [-0.2, -0.15) is 0 Å². The smallest absolute Gasteiger partial charge is 0.374 e. The summed E-state index contributed by atoms with van der Waals surface area (Å²) in [4.78, 5) is 31.5. The minimum absolute atomic E-state index is 0.119. The lowest BCUT2D eigenvalue weighted by Crippen LogP contribution is -2.16. The van der Waals surface area contributed by atoms with E-state index >= 15 is 0 Å². The molecule has 7 heteroatoms. The molecule has 2 heterocycles. The van der Waals surface area contributed by atoms with Crippen LogP contribution in [0.1, 0.15) is 17.5 Å². The molecule has 3 rings (SSSR count). The SMILES string of the molecule is CCOC(=O)c1nc2sc(-c3ccc(F)cc3)cc2c(=O)[nH]1. The molecule has 0 amide bonds. The highest BCUT2D eigenvalue weighted by atomic mass is 32.1. The molecule has 2 aromatic heterocycles. The van der Waals surface area contributed by atoms with E-state index in [2.05, 4.69) is 9.97 Å². The maximum Gasteiger partial charge on any atom is 0.374 e. The molecule has 3 aromatic rings. The van der Waals surface area contributed by atoms with Crippen LogP contribution in [0.4, 0.5) is 4.39 Å². The van der Waals surface area contributed by atoms with Crippen molar-refractivity contribution in [1.82, 2.24) is 9.97 Å². The quantitative estimate of drug-likeness (QED) is 0.754. The zero-order chi connectivity index (χ0) is 15.7. The van der Waals surface area contributed by atoms with E-state index in [1.807, 2.05) is 0 Å². The lowest BCUT2D eigenvalue weighted by molar-refractivity contribution is 0.0512. The number of aromatic amines is 1. The van der Waals surface area contributed by atoms with Gasteiger partial charge in [0.2, 0.25) is 5.82 Å². The maximum atomic E-state index is 13.0. The number of fused-ring (bicyclic) bond motifs is 1. The van der Waals surface area contributed by atoms with Crippen molar-refractivity contribution in [3.8, 4) is 10.4 Å². The van der Waals surface area contributed by atoms with Crippen molar-refractivity contribution in [3.63, 3.8) is 0 Å². The molecule has 22 heavy (non-hydrogen) atoms. The Balaban J connectivity index is 2.09. The summed E-state index contributed by atoms with van der Waals surface area (Å²) in [5.41, 5.74) is 0.374. The molecule has 0 spiro atoms. The number of nitrogens with one attached hydrogen (secondary N) is 1. The molecule has 112 valence electrons. The Morgan fingerprint density at radius 1 is 1.36 bits per heavy atom. The summed E-state index contributed by atoms with van der Waals surface area (Å²) in [7, 11) is 0. The van der Waals surface area contributed by atoms with Crippen molar-refractivity contribution in [1.29, 1.82) is 0 Å². The molecular weight excluding hydrogens is 307 g/mol. The van der Waals surface area contributed by atoms with Gasteiger partial charge in [-0.1, -0.05) is 12.1 Å². The van der Waals surface area contributed by atoms with Crippen molar-refractivity contribution in [2.45, 2.75) is 6.92 Å². The van der Waals surface area contributed by atoms with Crippen LogP contribution in [0, 0.1) is 5.82 Å². The number of carbonyl (C=O) groups is 1. The zero-order valence-corrected chi connectivity index (χ0v) is 12.4. The van der Waals surface area contributed by atoms with Gasteiger partial charge in [0, 0.05) is 4.88 Å². The topological polar surface area (TPSA) is 72.0 Å². The van der Waals surface area contributed by atoms with Crippen LogP contribution >= 0.6 is 11.3 Å². The van der Waals surface area contributed by atoms with Gasteiger partial charge in [-0.25, -0.2) is 14.2 Å². The van der Waals surface area contributed by atoms with Crippen LogP contribution < -0.4 is 5.56 Å². The van der Waals surface area contributed by atoms with E-state index in [0.29, 0.717) is 10.2 Å². The van der Waals surface area contributed by atoms with Crippen LogP contribution in [0.25, 0.3) is 20.7 Å². The molecule has 0 aliphatic heterocycles. The summed E-state index contributed by atoms with van der Waals surface area (Å²) in [5.74, 6) is -1.12.